The van der Waals surface area contributed by atoms with E-state index in [1.165, 1.54) is 0 Å². The second-order valence-corrected chi connectivity index (χ2v) is 6.61. The molecule has 0 radical (unpaired) electrons. The van der Waals surface area contributed by atoms with Gasteiger partial charge in [0, 0.05) is 41.8 Å². The van der Waals surface area contributed by atoms with Gasteiger partial charge in [-0.15, -0.1) is 0 Å². The van der Waals surface area contributed by atoms with Crippen molar-refractivity contribution in [2.45, 2.75) is 6.92 Å². The van der Waals surface area contributed by atoms with E-state index >= 15 is 0 Å². The summed E-state index contributed by atoms with van der Waals surface area (Å²) in [6.07, 6.45) is 5.09. The lowest BCUT2D eigenvalue weighted by molar-refractivity contribution is 0.252. The fraction of sp³-hybridized carbons (Fsp3) is 0.0909. The van der Waals surface area contributed by atoms with Gasteiger partial charge >= 0.3 is 6.03 Å². The van der Waals surface area contributed by atoms with Gasteiger partial charge in [-0.3, -0.25) is 15.3 Å². The van der Waals surface area contributed by atoms with E-state index in [1.54, 1.807) is 30.7 Å². The normalized spacial score (nSPS) is 10.7. The second kappa shape index (κ2) is 8.04. The number of rotatable bonds is 5. The summed E-state index contributed by atoms with van der Waals surface area (Å²) < 4.78 is 0. The molecule has 0 aliphatic carbocycles. The van der Waals surface area contributed by atoms with Crippen LogP contribution in [0.5, 0.6) is 0 Å². The van der Waals surface area contributed by atoms with Crippen LogP contribution in [-0.2, 0) is 0 Å². The van der Waals surface area contributed by atoms with Crippen molar-refractivity contribution in [1.29, 1.82) is 0 Å². The van der Waals surface area contributed by atoms with Crippen molar-refractivity contribution in [3.05, 3.63) is 67.1 Å². The van der Waals surface area contributed by atoms with Crippen molar-refractivity contribution in [3.8, 4) is 22.4 Å². The van der Waals surface area contributed by atoms with Gasteiger partial charge < -0.3 is 15.4 Å². The standard InChI is InChI=1S/C22H20N6O2/c1-3-24-22(30)28-21-26-19-11-16(15-5-4-7-23-12-15)9-17(20(19)27-21)18-10-14(13(2)29)6-8-25-18/h4-12,29H,2-3H2,1H3,(H3,24,26,27,28,30). The summed E-state index contributed by atoms with van der Waals surface area (Å²) in [5, 5.41) is 15.2. The number of anilines is 1. The first-order valence-corrected chi connectivity index (χ1v) is 9.39. The highest BCUT2D eigenvalue weighted by Crippen LogP contribution is 2.33. The van der Waals surface area contributed by atoms with Crippen molar-refractivity contribution in [2.24, 2.45) is 0 Å². The van der Waals surface area contributed by atoms with Gasteiger partial charge in [-0.1, -0.05) is 12.6 Å². The van der Waals surface area contributed by atoms with E-state index in [4.69, 9.17) is 0 Å². The number of nitrogens with one attached hydrogen (secondary N) is 3. The number of aromatic amines is 1. The van der Waals surface area contributed by atoms with Crippen LogP contribution in [0.2, 0.25) is 0 Å². The first-order valence-electron chi connectivity index (χ1n) is 9.39. The van der Waals surface area contributed by atoms with Crippen LogP contribution in [0.3, 0.4) is 0 Å². The molecule has 0 saturated heterocycles. The summed E-state index contributed by atoms with van der Waals surface area (Å²) in [4.78, 5) is 28.3. The quantitative estimate of drug-likeness (QED) is 0.372. The number of hydrogen-bond donors (Lipinski definition) is 4. The molecule has 8 nitrogen and oxygen atoms in total. The zero-order chi connectivity index (χ0) is 21.1. The molecule has 0 aliphatic rings. The largest absolute Gasteiger partial charge is 0.508 e. The number of aliphatic hydroxyl groups is 1. The first-order chi connectivity index (χ1) is 14.5. The number of H-pyrrole nitrogens is 1. The summed E-state index contributed by atoms with van der Waals surface area (Å²) in [6.45, 7) is 5.93. The lowest BCUT2D eigenvalue weighted by Crippen LogP contribution is -2.28. The third-order valence-electron chi connectivity index (χ3n) is 4.52. The molecule has 3 aromatic heterocycles. The molecule has 4 aromatic rings. The van der Waals surface area contributed by atoms with Gasteiger partial charge in [-0.2, -0.15) is 0 Å². The number of amides is 2. The SMILES string of the molecule is C=C(O)c1ccnc(-c2cc(-c3cccnc3)cc3[nH]c(NC(=O)NCC)nc23)c1. The lowest BCUT2D eigenvalue weighted by atomic mass is 10.00. The van der Waals surface area contributed by atoms with Crippen LogP contribution < -0.4 is 10.6 Å². The third kappa shape index (κ3) is 3.83. The van der Waals surface area contributed by atoms with Gasteiger partial charge in [0.15, 0.2) is 0 Å². The van der Waals surface area contributed by atoms with E-state index in [-0.39, 0.29) is 11.8 Å². The van der Waals surface area contributed by atoms with Gasteiger partial charge in [0.2, 0.25) is 5.95 Å². The molecular weight excluding hydrogens is 380 g/mol. The highest BCUT2D eigenvalue weighted by atomic mass is 16.3. The Balaban J connectivity index is 1.89. The number of imidazole rings is 1. The average Bonchev–Trinajstić information content (AvgIpc) is 3.16. The predicted octanol–water partition coefficient (Wildman–Crippen LogP) is 4.36. The summed E-state index contributed by atoms with van der Waals surface area (Å²) in [6, 6.07) is 10.8. The topological polar surface area (TPSA) is 116 Å². The molecule has 0 unspecified atom stereocenters. The molecule has 0 saturated carbocycles. The molecule has 0 fully saturated rings. The Morgan fingerprint density at radius 2 is 2.07 bits per heavy atom. The predicted molar refractivity (Wildman–Crippen MR) is 117 cm³/mol. The molecule has 3 heterocycles. The minimum atomic E-state index is -0.345. The Kier molecular flexibility index (Phi) is 5.13. The van der Waals surface area contributed by atoms with Crippen LogP contribution in [0, 0.1) is 0 Å². The summed E-state index contributed by atoms with van der Waals surface area (Å²) in [5.41, 5.74) is 5.14. The molecule has 0 bridgehead atoms. The molecule has 4 rings (SSSR count). The Hall–Kier alpha value is -4.20. The smallest absolute Gasteiger partial charge is 0.321 e. The zero-order valence-electron chi connectivity index (χ0n) is 16.3. The molecule has 150 valence electrons. The lowest BCUT2D eigenvalue weighted by Gasteiger charge is -2.08. The average molecular weight is 400 g/mol. The van der Waals surface area contributed by atoms with Crippen molar-refractivity contribution in [1.82, 2.24) is 25.3 Å². The van der Waals surface area contributed by atoms with Crippen LogP contribution in [0.15, 0.2) is 61.6 Å². The molecule has 0 aliphatic heterocycles. The molecule has 4 N–H and O–H groups in total. The number of aromatic nitrogens is 4. The summed E-state index contributed by atoms with van der Waals surface area (Å²) >= 11 is 0. The van der Waals surface area contributed by atoms with E-state index in [2.05, 4.69) is 37.1 Å². The Morgan fingerprint density at radius 3 is 2.80 bits per heavy atom. The minimum absolute atomic E-state index is 0.0427. The number of carbonyl (C=O) groups excluding carboxylic acids is 1. The van der Waals surface area contributed by atoms with Crippen molar-refractivity contribution < 1.29 is 9.90 Å². The van der Waals surface area contributed by atoms with Crippen LogP contribution in [0.1, 0.15) is 12.5 Å². The highest BCUT2D eigenvalue weighted by Gasteiger charge is 2.15. The molecule has 0 atom stereocenters. The number of hydrogen-bond acceptors (Lipinski definition) is 5. The van der Waals surface area contributed by atoms with Gasteiger partial charge in [-0.05, 0) is 42.8 Å². The number of fused-ring (bicyclic) bond motifs is 1. The summed E-state index contributed by atoms with van der Waals surface area (Å²) in [7, 11) is 0. The van der Waals surface area contributed by atoms with Gasteiger partial charge in [-0.25, -0.2) is 9.78 Å². The highest BCUT2D eigenvalue weighted by molar-refractivity contribution is 5.98. The second-order valence-electron chi connectivity index (χ2n) is 6.61. The number of benzene rings is 1. The summed E-state index contributed by atoms with van der Waals surface area (Å²) in [5.74, 6) is 0.280. The molecule has 1 aromatic carbocycles. The van der Waals surface area contributed by atoms with Crippen LogP contribution in [0.25, 0.3) is 39.2 Å². The number of urea groups is 1. The van der Waals surface area contributed by atoms with Gasteiger partial charge in [0.05, 0.1) is 16.7 Å². The molecule has 2 amide bonds. The van der Waals surface area contributed by atoms with E-state index < -0.39 is 0 Å². The minimum Gasteiger partial charge on any atom is -0.508 e. The Labute approximate surface area is 172 Å². The Bertz CT molecular complexity index is 1230. The van der Waals surface area contributed by atoms with Crippen LogP contribution in [0.4, 0.5) is 10.7 Å². The third-order valence-corrected chi connectivity index (χ3v) is 4.52. The van der Waals surface area contributed by atoms with Crippen molar-refractivity contribution in [3.63, 3.8) is 0 Å². The Morgan fingerprint density at radius 1 is 1.20 bits per heavy atom. The molecular formula is C22H20N6O2. The fourth-order valence-corrected chi connectivity index (χ4v) is 3.14. The van der Waals surface area contributed by atoms with Crippen LogP contribution >= 0.6 is 0 Å². The van der Waals surface area contributed by atoms with E-state index in [0.717, 1.165) is 22.2 Å². The number of carbonyl (C=O) groups is 1. The number of nitrogens with zero attached hydrogens (tertiary/aromatic N) is 3. The molecule has 30 heavy (non-hydrogen) atoms. The monoisotopic (exact) mass is 400 g/mol. The van der Waals surface area contributed by atoms with Gasteiger partial charge in [0.1, 0.15) is 5.76 Å². The van der Waals surface area contributed by atoms with Gasteiger partial charge in [0.25, 0.3) is 0 Å². The van der Waals surface area contributed by atoms with Crippen LogP contribution in [-0.4, -0.2) is 37.6 Å². The maximum Gasteiger partial charge on any atom is 0.321 e. The zero-order valence-corrected chi connectivity index (χ0v) is 16.3. The van der Waals surface area contributed by atoms with Crippen molar-refractivity contribution >= 4 is 28.8 Å². The number of pyridine rings is 2. The van der Waals surface area contributed by atoms with Crippen molar-refractivity contribution in [2.75, 3.05) is 11.9 Å². The van der Waals surface area contributed by atoms with E-state index in [9.17, 15) is 9.90 Å². The van der Waals surface area contributed by atoms with E-state index in [1.807, 2.05) is 31.2 Å². The number of aliphatic hydroxyl groups excluding tert-OH is 1. The van der Waals surface area contributed by atoms with E-state index in [0.29, 0.717) is 29.3 Å². The maximum absolute atomic E-state index is 11.9. The first kappa shape index (κ1) is 19.1. The maximum atomic E-state index is 11.9. The molecule has 0 spiro atoms. The fourth-order valence-electron chi connectivity index (χ4n) is 3.14. The molecule has 8 heteroatoms.